The zero-order valence-corrected chi connectivity index (χ0v) is 19.7. The average Bonchev–Trinajstić information content (AvgIpc) is 2.77. The lowest BCUT2D eigenvalue weighted by molar-refractivity contribution is -0.139. The number of likely N-dealkylation sites (N-methyl/N-ethyl adjacent to an activating group) is 1. The highest BCUT2D eigenvalue weighted by Crippen LogP contribution is 2.38. The number of ether oxygens (including phenoxy) is 2. The van der Waals surface area contributed by atoms with Crippen molar-refractivity contribution in [3.05, 3.63) is 38.2 Å². The molecule has 0 unspecified atom stereocenters. The largest absolute Gasteiger partial charge is 0.480 e. The molecular formula is C23H31ClN2O6. The van der Waals surface area contributed by atoms with Crippen molar-refractivity contribution in [3.63, 3.8) is 0 Å². The summed E-state index contributed by atoms with van der Waals surface area (Å²) >= 11 is 6.61. The third kappa shape index (κ3) is 5.61. The molecule has 8 nitrogen and oxygen atoms in total. The van der Waals surface area contributed by atoms with E-state index in [0.29, 0.717) is 31.7 Å². The molecule has 1 aromatic carbocycles. The maximum atomic E-state index is 12.8. The fourth-order valence-corrected chi connectivity index (χ4v) is 4.34. The highest BCUT2D eigenvalue weighted by Gasteiger charge is 2.23. The van der Waals surface area contributed by atoms with Crippen LogP contribution in [0.1, 0.15) is 30.5 Å². The Kier molecular flexibility index (Phi) is 8.53. The van der Waals surface area contributed by atoms with Crippen LogP contribution >= 0.6 is 11.6 Å². The Labute approximate surface area is 192 Å². The lowest BCUT2D eigenvalue weighted by Gasteiger charge is -2.27. The Morgan fingerprint density at radius 2 is 1.97 bits per heavy atom. The lowest BCUT2D eigenvalue weighted by Crippen LogP contribution is -2.35. The van der Waals surface area contributed by atoms with E-state index < -0.39 is 18.2 Å². The molecular weight excluding hydrogens is 436 g/mol. The number of carboxylic acids is 1. The zero-order chi connectivity index (χ0) is 23.3. The van der Waals surface area contributed by atoms with Crippen LogP contribution in [-0.2, 0) is 22.5 Å². The van der Waals surface area contributed by atoms with E-state index in [9.17, 15) is 9.59 Å². The number of carbonyl (C=O) groups is 1. The van der Waals surface area contributed by atoms with Gasteiger partial charge in [0.05, 0.1) is 13.2 Å². The molecule has 2 aromatic rings. The van der Waals surface area contributed by atoms with Gasteiger partial charge in [0.1, 0.15) is 10.8 Å². The Morgan fingerprint density at radius 3 is 2.59 bits per heavy atom. The van der Waals surface area contributed by atoms with Crippen LogP contribution in [0.3, 0.4) is 0 Å². The number of halogens is 1. The molecule has 1 N–H and O–H groups in total. The van der Waals surface area contributed by atoms with Gasteiger partial charge in [0, 0.05) is 42.7 Å². The molecule has 32 heavy (non-hydrogen) atoms. The van der Waals surface area contributed by atoms with E-state index in [1.165, 1.54) is 0 Å². The molecule has 1 fully saturated rings. The quantitative estimate of drug-likeness (QED) is 0.534. The molecule has 0 atom stereocenters. The topological polar surface area (TPSA) is 92.5 Å². The molecule has 1 aliphatic heterocycles. The first-order valence-corrected chi connectivity index (χ1v) is 11.4. The fraction of sp³-hybridized carbons (Fsp3) is 0.565. The number of hydrogen-bond acceptors (Lipinski definition) is 7. The van der Waals surface area contributed by atoms with Crippen LogP contribution in [0.2, 0.25) is 5.02 Å². The molecule has 9 heteroatoms. The minimum atomic E-state index is -1.11. The number of fused-ring (bicyclic) bond motifs is 1. The van der Waals surface area contributed by atoms with Crippen LogP contribution in [0.15, 0.2) is 15.3 Å². The minimum Gasteiger partial charge on any atom is -0.480 e. The van der Waals surface area contributed by atoms with E-state index in [2.05, 4.69) is 23.6 Å². The van der Waals surface area contributed by atoms with Crippen molar-refractivity contribution < 1.29 is 23.8 Å². The van der Waals surface area contributed by atoms with Crippen molar-refractivity contribution in [2.24, 2.45) is 0 Å². The van der Waals surface area contributed by atoms with Gasteiger partial charge < -0.3 is 23.9 Å². The number of aliphatic carboxylic acids is 1. The highest BCUT2D eigenvalue weighted by atomic mass is 35.5. The van der Waals surface area contributed by atoms with Gasteiger partial charge in [-0.3, -0.25) is 4.90 Å². The van der Waals surface area contributed by atoms with Gasteiger partial charge in [-0.1, -0.05) is 25.4 Å². The van der Waals surface area contributed by atoms with Crippen LogP contribution in [0.25, 0.3) is 11.0 Å². The third-order valence-corrected chi connectivity index (χ3v) is 6.30. The Bertz CT molecular complexity index is 1010. The molecule has 0 bridgehead atoms. The van der Waals surface area contributed by atoms with E-state index in [1.54, 1.807) is 0 Å². The molecule has 3 rings (SSSR count). The van der Waals surface area contributed by atoms with E-state index in [-0.39, 0.29) is 16.4 Å². The number of nitrogens with zero attached hydrogens (tertiary/aromatic N) is 2. The van der Waals surface area contributed by atoms with Crippen molar-refractivity contribution >= 4 is 28.5 Å². The maximum Gasteiger partial charge on any atom is 0.341 e. The smallest absolute Gasteiger partial charge is 0.341 e. The van der Waals surface area contributed by atoms with Crippen LogP contribution in [0.5, 0.6) is 5.75 Å². The zero-order valence-electron chi connectivity index (χ0n) is 18.9. The highest BCUT2D eigenvalue weighted by molar-refractivity contribution is 6.36. The summed E-state index contributed by atoms with van der Waals surface area (Å²) in [4.78, 5) is 28.3. The van der Waals surface area contributed by atoms with Crippen molar-refractivity contribution in [1.29, 1.82) is 0 Å². The van der Waals surface area contributed by atoms with E-state index in [1.807, 2.05) is 13.0 Å². The summed E-state index contributed by atoms with van der Waals surface area (Å²) in [6.45, 7) is 11.5. The third-order valence-electron chi connectivity index (χ3n) is 5.96. The first-order valence-electron chi connectivity index (χ1n) is 11.0. The summed E-state index contributed by atoms with van der Waals surface area (Å²) < 4.78 is 16.6. The number of carboxylic acid groups (broad SMARTS) is 1. The predicted octanol–water partition coefficient (Wildman–Crippen LogP) is 2.93. The first-order chi connectivity index (χ1) is 15.3. The standard InChI is InChI=1S/C23H31ClN2O6/c1-4-25(5-2)7-6-17-15(3)18-12-16(13-26-8-10-30-11-9-26)21(31-14-19(27)28)20(24)22(18)32-23(17)29/h12H,4-11,13-14H2,1-3H3,(H,27,28). The second-order valence-electron chi connectivity index (χ2n) is 7.90. The molecule has 0 aliphatic carbocycles. The van der Waals surface area contributed by atoms with Gasteiger partial charge in [-0.2, -0.15) is 0 Å². The van der Waals surface area contributed by atoms with Gasteiger partial charge in [-0.25, -0.2) is 9.59 Å². The van der Waals surface area contributed by atoms with Gasteiger partial charge >= 0.3 is 11.6 Å². The number of benzene rings is 1. The minimum absolute atomic E-state index is 0.127. The molecule has 0 amide bonds. The normalized spacial score (nSPS) is 14.9. The molecule has 1 saturated heterocycles. The molecule has 1 aromatic heterocycles. The van der Waals surface area contributed by atoms with E-state index in [0.717, 1.165) is 49.2 Å². The number of morpholine rings is 1. The average molecular weight is 467 g/mol. The van der Waals surface area contributed by atoms with E-state index >= 15 is 0 Å². The molecule has 0 radical (unpaired) electrons. The van der Waals surface area contributed by atoms with Crippen molar-refractivity contribution in [2.45, 2.75) is 33.7 Å². The SMILES string of the molecule is CCN(CC)CCc1c(C)c2cc(CN3CCOCC3)c(OCC(=O)O)c(Cl)c2oc1=O. The van der Waals surface area contributed by atoms with Gasteiger partial charge in [-0.15, -0.1) is 0 Å². The number of aryl methyl sites for hydroxylation is 1. The molecule has 0 spiro atoms. The van der Waals surface area contributed by atoms with Crippen molar-refractivity contribution in [2.75, 3.05) is 52.5 Å². The van der Waals surface area contributed by atoms with Crippen LogP contribution in [0, 0.1) is 6.92 Å². The van der Waals surface area contributed by atoms with Gasteiger partial charge in [-0.05, 0) is 38.1 Å². The second kappa shape index (κ2) is 11.1. The van der Waals surface area contributed by atoms with Gasteiger partial charge in [0.25, 0.3) is 0 Å². The Balaban J connectivity index is 2.06. The summed E-state index contributed by atoms with van der Waals surface area (Å²) in [6.07, 6.45) is 0.583. The molecule has 176 valence electrons. The maximum absolute atomic E-state index is 12.8. The summed E-state index contributed by atoms with van der Waals surface area (Å²) in [6, 6.07) is 1.91. The second-order valence-corrected chi connectivity index (χ2v) is 8.27. The predicted molar refractivity (Wildman–Crippen MR) is 123 cm³/mol. The summed E-state index contributed by atoms with van der Waals surface area (Å²) in [5, 5.41) is 9.96. The monoisotopic (exact) mass is 466 g/mol. The Hall–Kier alpha value is -2.13. The summed E-state index contributed by atoms with van der Waals surface area (Å²) in [5.74, 6) is -0.866. The first kappa shape index (κ1) is 24.5. The van der Waals surface area contributed by atoms with Crippen molar-refractivity contribution in [3.8, 4) is 5.75 Å². The van der Waals surface area contributed by atoms with Crippen molar-refractivity contribution in [1.82, 2.24) is 9.80 Å². The Morgan fingerprint density at radius 1 is 1.28 bits per heavy atom. The number of rotatable bonds is 10. The summed E-state index contributed by atoms with van der Waals surface area (Å²) in [5.41, 5.74) is 2.04. The lowest BCUT2D eigenvalue weighted by atomic mass is 10.0. The van der Waals surface area contributed by atoms with Crippen LogP contribution in [-0.4, -0.2) is 73.4 Å². The van der Waals surface area contributed by atoms with Crippen LogP contribution in [0.4, 0.5) is 0 Å². The van der Waals surface area contributed by atoms with Gasteiger partial charge in [0.2, 0.25) is 0 Å². The van der Waals surface area contributed by atoms with Gasteiger partial charge in [0.15, 0.2) is 12.2 Å². The molecule has 1 aliphatic rings. The summed E-state index contributed by atoms with van der Waals surface area (Å²) in [7, 11) is 0. The molecule has 0 saturated carbocycles. The van der Waals surface area contributed by atoms with Crippen LogP contribution < -0.4 is 10.4 Å². The van der Waals surface area contributed by atoms with E-state index in [4.69, 9.17) is 30.6 Å². The fourth-order valence-electron chi connectivity index (χ4n) is 4.02. The number of hydrogen-bond donors (Lipinski definition) is 1. The molecule has 2 heterocycles.